The Hall–Kier alpha value is -1.73. The van der Waals surface area contributed by atoms with Crippen molar-refractivity contribution in [2.24, 2.45) is 11.7 Å². The van der Waals surface area contributed by atoms with Crippen LogP contribution in [0.25, 0.3) is 0 Å². The number of benzene rings is 1. The van der Waals surface area contributed by atoms with E-state index in [2.05, 4.69) is 15.9 Å². The summed E-state index contributed by atoms with van der Waals surface area (Å²) in [6.07, 6.45) is 0. The lowest BCUT2D eigenvalue weighted by Crippen LogP contribution is -2.49. The standard InChI is InChI=1S/C17H22BrNO5/c1-17(2,3)24-16(22)14(19)13(12(20)9-18)15(21)23-10-11-7-5-4-6-8-11/h4-8,13-14H,9-10,19H2,1-3H3. The molecule has 0 aliphatic heterocycles. The highest BCUT2D eigenvalue weighted by Crippen LogP contribution is 2.15. The fourth-order valence-corrected chi connectivity index (χ4v) is 2.23. The minimum atomic E-state index is -1.42. The molecule has 0 aromatic heterocycles. The molecule has 7 heteroatoms. The molecule has 1 aromatic rings. The second-order valence-electron chi connectivity index (χ2n) is 6.23. The number of ether oxygens (including phenoxy) is 2. The molecule has 2 atom stereocenters. The zero-order valence-corrected chi connectivity index (χ0v) is 15.5. The third-order valence-electron chi connectivity index (χ3n) is 2.99. The normalized spacial score (nSPS) is 13.7. The molecule has 2 unspecified atom stereocenters. The van der Waals surface area contributed by atoms with E-state index < -0.39 is 35.3 Å². The average molecular weight is 400 g/mol. The SMILES string of the molecule is CC(C)(C)OC(=O)C(N)C(C(=O)CBr)C(=O)OCc1ccccc1. The number of Topliss-reactive ketones (excluding diaryl/α,β-unsaturated/α-hetero) is 1. The summed E-state index contributed by atoms with van der Waals surface area (Å²) < 4.78 is 10.3. The van der Waals surface area contributed by atoms with E-state index in [0.29, 0.717) is 0 Å². The Morgan fingerprint density at radius 2 is 1.71 bits per heavy atom. The third kappa shape index (κ3) is 6.41. The highest BCUT2D eigenvalue weighted by Gasteiger charge is 2.39. The van der Waals surface area contributed by atoms with E-state index in [9.17, 15) is 14.4 Å². The lowest BCUT2D eigenvalue weighted by atomic mass is 9.96. The number of esters is 2. The van der Waals surface area contributed by atoms with Crippen LogP contribution in [-0.4, -0.2) is 34.7 Å². The zero-order chi connectivity index (χ0) is 18.3. The first-order chi connectivity index (χ1) is 11.2. The van der Waals surface area contributed by atoms with Crippen molar-refractivity contribution in [1.82, 2.24) is 0 Å². The number of carbonyl (C=O) groups is 3. The van der Waals surface area contributed by atoms with Crippen molar-refractivity contribution in [2.45, 2.75) is 39.0 Å². The van der Waals surface area contributed by atoms with Gasteiger partial charge in [-0.05, 0) is 26.3 Å². The van der Waals surface area contributed by atoms with Crippen LogP contribution in [0.2, 0.25) is 0 Å². The van der Waals surface area contributed by atoms with Crippen LogP contribution in [0.15, 0.2) is 30.3 Å². The summed E-state index contributed by atoms with van der Waals surface area (Å²) in [5.74, 6) is -3.62. The van der Waals surface area contributed by atoms with Gasteiger partial charge in [0.25, 0.3) is 0 Å². The molecule has 0 saturated carbocycles. The molecule has 132 valence electrons. The highest BCUT2D eigenvalue weighted by molar-refractivity contribution is 9.09. The molecular formula is C17H22BrNO5. The van der Waals surface area contributed by atoms with Crippen LogP contribution in [0.1, 0.15) is 26.3 Å². The van der Waals surface area contributed by atoms with E-state index in [1.165, 1.54) is 0 Å². The Bertz CT molecular complexity index is 582. The van der Waals surface area contributed by atoms with Gasteiger partial charge < -0.3 is 15.2 Å². The van der Waals surface area contributed by atoms with Crippen LogP contribution in [0.3, 0.4) is 0 Å². The van der Waals surface area contributed by atoms with E-state index in [1.54, 1.807) is 45.0 Å². The van der Waals surface area contributed by atoms with Gasteiger partial charge in [-0.3, -0.25) is 14.4 Å². The van der Waals surface area contributed by atoms with Crippen LogP contribution >= 0.6 is 15.9 Å². The van der Waals surface area contributed by atoms with Gasteiger partial charge >= 0.3 is 11.9 Å². The largest absolute Gasteiger partial charge is 0.460 e. The Balaban J connectivity index is 2.82. The molecule has 0 fully saturated rings. The second kappa shape index (κ2) is 8.94. The molecule has 1 aromatic carbocycles. The number of ketones is 1. The Morgan fingerprint density at radius 3 is 2.21 bits per heavy atom. The quantitative estimate of drug-likeness (QED) is 0.427. The Kier molecular flexibility index (Phi) is 7.57. The predicted molar refractivity (Wildman–Crippen MR) is 92.3 cm³/mol. The van der Waals surface area contributed by atoms with E-state index >= 15 is 0 Å². The summed E-state index contributed by atoms with van der Waals surface area (Å²) in [6, 6.07) is 7.58. The van der Waals surface area contributed by atoms with Crippen molar-refractivity contribution < 1.29 is 23.9 Å². The van der Waals surface area contributed by atoms with Gasteiger partial charge in [-0.2, -0.15) is 0 Å². The first-order valence-corrected chi connectivity index (χ1v) is 8.55. The van der Waals surface area contributed by atoms with Crippen LogP contribution in [0.5, 0.6) is 0 Å². The molecule has 0 bridgehead atoms. The molecule has 0 heterocycles. The van der Waals surface area contributed by atoms with Crippen LogP contribution < -0.4 is 5.73 Å². The molecule has 0 aliphatic carbocycles. The monoisotopic (exact) mass is 399 g/mol. The number of hydrogen-bond donors (Lipinski definition) is 1. The molecule has 0 saturated heterocycles. The molecule has 0 spiro atoms. The number of hydrogen-bond acceptors (Lipinski definition) is 6. The van der Waals surface area contributed by atoms with Gasteiger partial charge in [0.2, 0.25) is 0 Å². The molecule has 0 aliphatic rings. The lowest BCUT2D eigenvalue weighted by Gasteiger charge is -2.25. The number of nitrogens with two attached hydrogens (primary N) is 1. The predicted octanol–water partition coefficient (Wildman–Crippen LogP) is 1.98. The summed E-state index contributed by atoms with van der Waals surface area (Å²) in [7, 11) is 0. The smallest absolute Gasteiger partial charge is 0.324 e. The maximum Gasteiger partial charge on any atom is 0.324 e. The first-order valence-electron chi connectivity index (χ1n) is 7.43. The first kappa shape index (κ1) is 20.3. The number of carbonyl (C=O) groups excluding carboxylic acids is 3. The van der Waals surface area contributed by atoms with Gasteiger partial charge in [-0.25, -0.2) is 0 Å². The fraction of sp³-hybridized carbons (Fsp3) is 0.471. The number of halogens is 1. The summed E-state index contributed by atoms with van der Waals surface area (Å²) in [5, 5.41) is -0.116. The average Bonchev–Trinajstić information content (AvgIpc) is 2.52. The van der Waals surface area contributed by atoms with Gasteiger partial charge in [0, 0.05) is 0 Å². The summed E-state index contributed by atoms with van der Waals surface area (Å²) >= 11 is 2.99. The molecule has 6 nitrogen and oxygen atoms in total. The molecule has 1 rings (SSSR count). The molecular weight excluding hydrogens is 378 g/mol. The van der Waals surface area contributed by atoms with Crippen molar-refractivity contribution in [3.63, 3.8) is 0 Å². The maximum absolute atomic E-state index is 12.3. The van der Waals surface area contributed by atoms with Crippen LogP contribution in [0, 0.1) is 5.92 Å². The Morgan fingerprint density at radius 1 is 1.12 bits per heavy atom. The van der Waals surface area contributed by atoms with E-state index in [4.69, 9.17) is 15.2 Å². The van der Waals surface area contributed by atoms with Gasteiger partial charge in [-0.1, -0.05) is 46.3 Å². The topological polar surface area (TPSA) is 95.7 Å². The maximum atomic E-state index is 12.3. The Labute approximate surface area is 149 Å². The summed E-state index contributed by atoms with van der Waals surface area (Å²) in [6.45, 7) is 5.01. The van der Waals surface area contributed by atoms with Crippen molar-refractivity contribution in [2.75, 3.05) is 5.33 Å². The minimum Gasteiger partial charge on any atom is -0.460 e. The molecule has 24 heavy (non-hydrogen) atoms. The highest BCUT2D eigenvalue weighted by atomic mass is 79.9. The third-order valence-corrected chi connectivity index (χ3v) is 3.55. The van der Waals surface area contributed by atoms with E-state index in [0.717, 1.165) is 5.56 Å². The van der Waals surface area contributed by atoms with Gasteiger partial charge in [0.15, 0.2) is 5.78 Å². The molecule has 2 N–H and O–H groups in total. The van der Waals surface area contributed by atoms with E-state index in [-0.39, 0.29) is 11.9 Å². The van der Waals surface area contributed by atoms with Crippen molar-refractivity contribution >= 4 is 33.7 Å². The minimum absolute atomic E-state index is 0.00717. The summed E-state index contributed by atoms with van der Waals surface area (Å²) in [5.41, 5.74) is 5.79. The van der Waals surface area contributed by atoms with Gasteiger partial charge in [0.05, 0.1) is 5.33 Å². The fourth-order valence-electron chi connectivity index (χ4n) is 1.89. The van der Waals surface area contributed by atoms with Crippen molar-refractivity contribution in [3.05, 3.63) is 35.9 Å². The molecule has 0 amide bonds. The van der Waals surface area contributed by atoms with Crippen molar-refractivity contribution in [1.29, 1.82) is 0 Å². The van der Waals surface area contributed by atoms with Crippen LogP contribution in [-0.2, 0) is 30.5 Å². The summed E-state index contributed by atoms with van der Waals surface area (Å²) in [4.78, 5) is 36.4. The van der Waals surface area contributed by atoms with E-state index in [1.807, 2.05) is 6.07 Å². The zero-order valence-electron chi connectivity index (χ0n) is 14.0. The second-order valence-corrected chi connectivity index (χ2v) is 6.79. The lowest BCUT2D eigenvalue weighted by molar-refractivity contribution is -0.166. The molecule has 0 radical (unpaired) electrons. The van der Waals surface area contributed by atoms with Gasteiger partial charge in [-0.15, -0.1) is 0 Å². The van der Waals surface area contributed by atoms with Gasteiger partial charge in [0.1, 0.15) is 24.2 Å². The van der Waals surface area contributed by atoms with Crippen LogP contribution in [0.4, 0.5) is 0 Å². The number of rotatable bonds is 7. The van der Waals surface area contributed by atoms with Crippen molar-refractivity contribution in [3.8, 4) is 0 Å². The number of alkyl halides is 1.